The summed E-state index contributed by atoms with van der Waals surface area (Å²) < 4.78 is 0. The largest absolute Gasteiger partial charge is 0.398 e. The summed E-state index contributed by atoms with van der Waals surface area (Å²) in [5, 5.41) is 1.88. The third-order valence-corrected chi connectivity index (χ3v) is 4.74. The summed E-state index contributed by atoms with van der Waals surface area (Å²) in [4.78, 5) is 5.31. The van der Waals surface area contributed by atoms with Gasteiger partial charge in [0.25, 0.3) is 0 Å². The van der Waals surface area contributed by atoms with Gasteiger partial charge in [-0.05, 0) is 29.8 Å². The number of nitrogen functional groups attached to an aromatic ring is 1. The van der Waals surface area contributed by atoms with Crippen LogP contribution in [0, 0.1) is 0 Å². The first-order valence-electron chi connectivity index (χ1n) is 6.25. The van der Waals surface area contributed by atoms with Crippen molar-refractivity contribution in [2.45, 2.75) is 10.6 Å². The zero-order valence-electron chi connectivity index (χ0n) is 10.7. The van der Waals surface area contributed by atoms with Crippen molar-refractivity contribution in [3.05, 3.63) is 65.3 Å². The first-order chi connectivity index (χ1) is 9.75. The highest BCUT2D eigenvalue weighted by molar-refractivity contribution is 7.98. The Hall–Kier alpha value is -1.71. The van der Waals surface area contributed by atoms with Crippen LogP contribution in [0.5, 0.6) is 0 Å². The monoisotopic (exact) mass is 300 g/mol. The molecule has 2 aromatic carbocycles. The van der Waals surface area contributed by atoms with Crippen molar-refractivity contribution in [1.29, 1.82) is 0 Å². The average molecular weight is 301 g/mol. The van der Waals surface area contributed by atoms with Gasteiger partial charge < -0.3 is 5.73 Å². The van der Waals surface area contributed by atoms with E-state index >= 15 is 0 Å². The van der Waals surface area contributed by atoms with Crippen LogP contribution < -0.4 is 5.73 Å². The number of nitrogens with two attached hydrogens (primary N) is 1. The number of halogens is 1. The fourth-order valence-corrected chi connectivity index (χ4v) is 3.45. The van der Waals surface area contributed by atoms with Gasteiger partial charge >= 0.3 is 0 Å². The minimum absolute atomic E-state index is 0.702. The van der Waals surface area contributed by atoms with Gasteiger partial charge in [-0.3, -0.25) is 4.98 Å². The molecule has 0 fully saturated rings. The van der Waals surface area contributed by atoms with Crippen LogP contribution in [0.15, 0.2) is 59.6 Å². The van der Waals surface area contributed by atoms with Gasteiger partial charge in [0.15, 0.2) is 0 Å². The molecule has 0 radical (unpaired) electrons. The SMILES string of the molecule is Nc1cccc(Cl)c1SCc1ccnc2ccccc12. The van der Waals surface area contributed by atoms with Gasteiger partial charge in [-0.15, -0.1) is 11.8 Å². The van der Waals surface area contributed by atoms with E-state index < -0.39 is 0 Å². The summed E-state index contributed by atoms with van der Waals surface area (Å²) in [6.45, 7) is 0. The normalized spacial score (nSPS) is 10.8. The predicted octanol–water partition coefficient (Wildman–Crippen LogP) is 4.76. The Morgan fingerprint density at radius 3 is 2.75 bits per heavy atom. The van der Waals surface area contributed by atoms with Crippen LogP contribution in [-0.2, 0) is 5.75 Å². The van der Waals surface area contributed by atoms with Gasteiger partial charge in [-0.2, -0.15) is 0 Å². The second kappa shape index (κ2) is 5.73. The molecule has 0 saturated heterocycles. The molecule has 0 bridgehead atoms. The van der Waals surface area contributed by atoms with Gasteiger partial charge in [0.05, 0.1) is 10.5 Å². The van der Waals surface area contributed by atoms with E-state index in [-0.39, 0.29) is 0 Å². The van der Waals surface area contributed by atoms with Crippen molar-refractivity contribution in [3.63, 3.8) is 0 Å². The Morgan fingerprint density at radius 1 is 1.05 bits per heavy atom. The highest BCUT2D eigenvalue weighted by Gasteiger charge is 2.07. The van der Waals surface area contributed by atoms with Crippen molar-refractivity contribution in [1.82, 2.24) is 4.98 Å². The third-order valence-electron chi connectivity index (χ3n) is 3.11. The van der Waals surface area contributed by atoms with Gasteiger partial charge in [0.2, 0.25) is 0 Å². The fourth-order valence-electron chi connectivity index (χ4n) is 2.11. The van der Waals surface area contributed by atoms with Crippen LogP contribution in [0.4, 0.5) is 5.69 Å². The molecule has 20 heavy (non-hydrogen) atoms. The number of thioether (sulfide) groups is 1. The molecule has 0 unspecified atom stereocenters. The van der Waals surface area contributed by atoms with Crippen LogP contribution in [0.3, 0.4) is 0 Å². The quantitative estimate of drug-likeness (QED) is 0.560. The summed E-state index contributed by atoms with van der Waals surface area (Å²) in [5.74, 6) is 0.816. The summed E-state index contributed by atoms with van der Waals surface area (Å²) in [5.41, 5.74) is 8.95. The molecule has 2 nitrogen and oxygen atoms in total. The number of hydrogen-bond donors (Lipinski definition) is 1. The molecule has 0 aliphatic carbocycles. The van der Waals surface area contributed by atoms with E-state index in [1.54, 1.807) is 11.8 Å². The second-order valence-electron chi connectivity index (χ2n) is 4.43. The summed E-state index contributed by atoms with van der Waals surface area (Å²) in [7, 11) is 0. The van der Waals surface area contributed by atoms with Gasteiger partial charge in [-0.1, -0.05) is 35.9 Å². The third kappa shape index (κ3) is 2.60. The van der Waals surface area contributed by atoms with Gasteiger partial charge in [0, 0.05) is 27.9 Å². The number of nitrogens with zero attached hydrogens (tertiary/aromatic N) is 1. The average Bonchev–Trinajstić information content (AvgIpc) is 2.47. The topological polar surface area (TPSA) is 38.9 Å². The van der Waals surface area contributed by atoms with Crippen molar-refractivity contribution in [2.24, 2.45) is 0 Å². The lowest BCUT2D eigenvalue weighted by Crippen LogP contribution is -1.91. The van der Waals surface area contributed by atoms with Gasteiger partial charge in [0.1, 0.15) is 0 Å². The Morgan fingerprint density at radius 2 is 1.90 bits per heavy atom. The minimum Gasteiger partial charge on any atom is -0.398 e. The van der Waals surface area contributed by atoms with E-state index in [1.165, 1.54) is 10.9 Å². The maximum absolute atomic E-state index is 6.20. The number of pyridine rings is 1. The first-order valence-corrected chi connectivity index (χ1v) is 7.61. The molecule has 100 valence electrons. The predicted molar refractivity (Wildman–Crippen MR) is 87.2 cm³/mol. The van der Waals surface area contributed by atoms with E-state index in [9.17, 15) is 0 Å². The maximum atomic E-state index is 6.20. The van der Waals surface area contributed by atoms with Gasteiger partial charge in [-0.25, -0.2) is 0 Å². The first kappa shape index (κ1) is 13.3. The second-order valence-corrected chi connectivity index (χ2v) is 5.83. The summed E-state index contributed by atoms with van der Waals surface area (Å²) in [6.07, 6.45) is 1.84. The number of hydrogen-bond acceptors (Lipinski definition) is 3. The number of aromatic nitrogens is 1. The molecular weight excluding hydrogens is 288 g/mol. The zero-order valence-corrected chi connectivity index (χ0v) is 12.3. The summed E-state index contributed by atoms with van der Waals surface area (Å²) in [6, 6.07) is 15.8. The Labute approximate surface area is 127 Å². The van der Waals surface area contributed by atoms with Crippen LogP contribution >= 0.6 is 23.4 Å². The molecule has 3 rings (SSSR count). The molecular formula is C16H13ClN2S. The maximum Gasteiger partial charge on any atom is 0.0705 e. The van der Waals surface area contributed by atoms with Crippen LogP contribution in [-0.4, -0.2) is 4.98 Å². The molecule has 1 heterocycles. The minimum atomic E-state index is 0.702. The number of anilines is 1. The summed E-state index contributed by atoms with van der Waals surface area (Å²) >= 11 is 7.86. The molecule has 2 N–H and O–H groups in total. The lowest BCUT2D eigenvalue weighted by molar-refractivity contribution is 1.34. The zero-order chi connectivity index (χ0) is 13.9. The molecule has 0 amide bonds. The van der Waals surface area contributed by atoms with E-state index in [2.05, 4.69) is 11.1 Å². The molecule has 0 spiro atoms. The lowest BCUT2D eigenvalue weighted by atomic mass is 10.1. The lowest BCUT2D eigenvalue weighted by Gasteiger charge is -2.09. The number of fused-ring (bicyclic) bond motifs is 1. The molecule has 0 saturated carbocycles. The van der Waals surface area contributed by atoms with E-state index in [4.69, 9.17) is 17.3 Å². The molecule has 3 aromatic rings. The molecule has 1 aromatic heterocycles. The number of benzene rings is 2. The Balaban J connectivity index is 1.91. The smallest absolute Gasteiger partial charge is 0.0705 e. The highest BCUT2D eigenvalue weighted by Crippen LogP contribution is 2.35. The Kier molecular flexibility index (Phi) is 3.81. The molecule has 0 aliphatic heterocycles. The van der Waals surface area contributed by atoms with E-state index in [0.717, 1.165) is 21.9 Å². The van der Waals surface area contributed by atoms with Crippen LogP contribution in [0.25, 0.3) is 10.9 Å². The van der Waals surface area contributed by atoms with Crippen molar-refractivity contribution in [3.8, 4) is 0 Å². The van der Waals surface area contributed by atoms with Crippen molar-refractivity contribution < 1.29 is 0 Å². The fraction of sp³-hybridized carbons (Fsp3) is 0.0625. The highest BCUT2D eigenvalue weighted by atomic mass is 35.5. The Bertz CT molecular complexity index is 733. The molecule has 0 atom stereocenters. The molecule has 4 heteroatoms. The van der Waals surface area contributed by atoms with Crippen LogP contribution in [0.1, 0.15) is 5.56 Å². The van der Waals surface area contributed by atoms with Crippen molar-refractivity contribution >= 4 is 40.0 Å². The number of rotatable bonds is 3. The van der Waals surface area contributed by atoms with E-state index in [0.29, 0.717) is 5.02 Å². The van der Waals surface area contributed by atoms with E-state index in [1.807, 2.05) is 48.7 Å². The standard InChI is InChI=1S/C16H13ClN2S/c17-13-5-3-6-14(18)16(13)20-10-11-8-9-19-15-7-2-1-4-12(11)15/h1-9H,10,18H2. The number of para-hydroxylation sites is 1. The van der Waals surface area contributed by atoms with Crippen LogP contribution in [0.2, 0.25) is 5.02 Å². The van der Waals surface area contributed by atoms with Crippen molar-refractivity contribution in [2.75, 3.05) is 5.73 Å². The molecule has 0 aliphatic rings.